The predicted molar refractivity (Wildman–Crippen MR) is 234 cm³/mol. The van der Waals surface area contributed by atoms with Gasteiger partial charge in [-0.2, -0.15) is 12.6 Å². The normalized spacial score (nSPS) is 17.1. The van der Waals surface area contributed by atoms with E-state index in [2.05, 4.69) is 73.7 Å². The first-order valence-corrected chi connectivity index (χ1v) is 24.7. The maximum Gasteiger partial charge on any atom is 0.408 e. The summed E-state index contributed by atoms with van der Waals surface area (Å²) >= 11 is 14.3. The number of nitrogens with one attached hydrogen (secondary N) is 1. The average Bonchev–Trinajstić information content (AvgIpc) is 3.90. The van der Waals surface area contributed by atoms with Crippen LogP contribution < -0.4 is 11.1 Å². The molecule has 3 aliphatic carbocycles. The fraction of sp³-hybridized carbons (Fsp3) is 0.722. The molecule has 17 heteroatoms. The summed E-state index contributed by atoms with van der Waals surface area (Å²) in [5.74, 6) is 0. The highest BCUT2D eigenvalue weighted by Crippen LogP contribution is 2.36. The molecule has 3 aromatic rings. The van der Waals surface area contributed by atoms with Gasteiger partial charge in [0.05, 0.1) is 43.4 Å². The Balaban J connectivity index is 0.000000250. The number of hydrogen-bond donors (Lipinski definition) is 3. The molecule has 0 spiro atoms. The largest absolute Gasteiger partial charge is 0.444 e. The summed E-state index contributed by atoms with van der Waals surface area (Å²) in [6, 6.07) is 0. The van der Waals surface area contributed by atoms with E-state index in [0.29, 0.717) is 22.3 Å². The molecule has 3 aliphatic rings. The lowest BCUT2D eigenvalue weighted by atomic mass is 10.0. The number of sulfone groups is 1. The fourth-order valence-electron chi connectivity index (χ4n) is 5.83. The summed E-state index contributed by atoms with van der Waals surface area (Å²) in [5, 5.41) is 6.84. The molecule has 302 valence electrons. The third-order valence-electron chi connectivity index (χ3n) is 8.53. The van der Waals surface area contributed by atoms with Crippen molar-refractivity contribution in [2.45, 2.75) is 173 Å². The van der Waals surface area contributed by atoms with Crippen LogP contribution in [-0.2, 0) is 34.1 Å². The molecular formula is C36H59BrClN5O4S6. The van der Waals surface area contributed by atoms with Gasteiger partial charge in [-0.15, -0.1) is 58.2 Å². The van der Waals surface area contributed by atoms with Gasteiger partial charge in [-0.3, -0.25) is 0 Å². The molecule has 3 heterocycles. The van der Waals surface area contributed by atoms with E-state index in [1.54, 1.807) is 6.20 Å². The molecular weight excluding hydrogens is 874 g/mol. The SMILES string of the molecule is CC(C)(C)OC(=O)NCc1ncc(Br)s1.CCc1ncc(SC2CCCCC2)s1.Cl.NCc1ncc(S(=O)(=O)C2CCCCC2)s1.SC1CCCCC1. The zero-order chi connectivity index (χ0) is 38.0. The number of thiazole rings is 3. The molecule has 9 nitrogen and oxygen atoms in total. The summed E-state index contributed by atoms with van der Waals surface area (Å²) < 4.78 is 32.3. The van der Waals surface area contributed by atoms with Crippen LogP contribution in [-0.4, -0.2) is 50.8 Å². The van der Waals surface area contributed by atoms with Gasteiger partial charge in [-0.1, -0.05) is 64.7 Å². The first-order valence-electron chi connectivity index (χ1n) is 18.5. The molecule has 1 amide bonds. The number of carbonyl (C=O) groups excluding carboxylic acids is 1. The molecule has 0 radical (unpaired) electrons. The van der Waals surface area contributed by atoms with Crippen molar-refractivity contribution >= 4 is 103 Å². The molecule has 0 saturated heterocycles. The van der Waals surface area contributed by atoms with E-state index in [1.807, 2.05) is 32.1 Å². The standard InChI is InChI=1S/C11H17NS2.C10H16N2O2S2.C9H13BrN2O2S.C6H12S.ClH/c1-2-10-12-8-11(14-10)13-9-6-4-3-5-7-9;11-6-9-12-7-10(15-9)16(13,14)8-4-2-1-3-5-8;1-9(2,3)14-8(13)12-5-7-11-4-6(10)15-7;7-6-4-2-1-3-5-6;/h8-9H,2-7H2,1H3;7-8H,1-6,11H2;4H,5H2,1-3H3,(H,12,13);6-7H,1-5H2;1H. The van der Waals surface area contributed by atoms with Crippen molar-refractivity contribution in [2.75, 3.05) is 0 Å². The third-order valence-corrected chi connectivity index (χ3v) is 16.9. The second-order valence-electron chi connectivity index (χ2n) is 14.1. The molecule has 3 aromatic heterocycles. The van der Waals surface area contributed by atoms with Crippen LogP contribution in [0.1, 0.15) is 139 Å². The molecule has 3 saturated carbocycles. The number of aryl methyl sites for hydroxylation is 1. The van der Waals surface area contributed by atoms with E-state index in [1.165, 1.54) is 102 Å². The Kier molecular flexibility index (Phi) is 23.6. The number of thioether (sulfide) groups is 1. The van der Waals surface area contributed by atoms with Crippen LogP contribution in [0.15, 0.2) is 30.8 Å². The minimum Gasteiger partial charge on any atom is -0.444 e. The third kappa shape index (κ3) is 19.5. The Morgan fingerprint density at radius 3 is 1.92 bits per heavy atom. The lowest BCUT2D eigenvalue weighted by Gasteiger charge is -2.20. The van der Waals surface area contributed by atoms with Crippen molar-refractivity contribution in [1.29, 1.82) is 0 Å². The second-order valence-corrected chi connectivity index (χ2v) is 23.6. The van der Waals surface area contributed by atoms with E-state index in [9.17, 15) is 13.2 Å². The smallest absolute Gasteiger partial charge is 0.408 e. The number of amides is 1. The molecule has 3 N–H and O–H groups in total. The molecule has 53 heavy (non-hydrogen) atoms. The van der Waals surface area contributed by atoms with Gasteiger partial charge >= 0.3 is 6.09 Å². The zero-order valence-corrected chi connectivity index (χ0v) is 38.9. The molecule has 0 unspecified atom stereocenters. The Morgan fingerprint density at radius 1 is 0.887 bits per heavy atom. The van der Waals surface area contributed by atoms with Gasteiger partial charge in [-0.05, 0) is 81.6 Å². The van der Waals surface area contributed by atoms with Crippen molar-refractivity contribution < 1.29 is 17.9 Å². The minimum atomic E-state index is -3.15. The number of aromatic nitrogens is 3. The number of alkyl carbamates (subject to hydrolysis) is 1. The van der Waals surface area contributed by atoms with E-state index >= 15 is 0 Å². The zero-order valence-electron chi connectivity index (χ0n) is 31.5. The molecule has 0 atom stereocenters. The summed E-state index contributed by atoms with van der Waals surface area (Å²) in [6.45, 7) is 8.36. The molecule has 3 fully saturated rings. The Labute approximate surface area is 354 Å². The van der Waals surface area contributed by atoms with Gasteiger partial charge in [0.15, 0.2) is 9.84 Å². The second kappa shape index (κ2) is 25.7. The maximum atomic E-state index is 12.2. The van der Waals surface area contributed by atoms with E-state index in [-0.39, 0.29) is 17.7 Å². The van der Waals surface area contributed by atoms with Gasteiger partial charge in [-0.25, -0.2) is 28.2 Å². The first kappa shape index (κ1) is 48.7. The van der Waals surface area contributed by atoms with Crippen LogP contribution in [0.25, 0.3) is 0 Å². The number of nitrogens with zero attached hydrogens (tertiary/aromatic N) is 3. The summed E-state index contributed by atoms with van der Waals surface area (Å²) in [4.78, 5) is 23.8. The number of hydrogen-bond acceptors (Lipinski definition) is 13. The van der Waals surface area contributed by atoms with Crippen LogP contribution in [0.2, 0.25) is 0 Å². The highest BCUT2D eigenvalue weighted by atomic mass is 79.9. The van der Waals surface area contributed by atoms with Crippen molar-refractivity contribution in [3.8, 4) is 0 Å². The number of ether oxygens (including phenoxy) is 1. The topological polar surface area (TPSA) is 137 Å². The number of thiol groups is 1. The predicted octanol–water partition coefficient (Wildman–Crippen LogP) is 11.4. The number of carbonyl (C=O) groups is 1. The first-order chi connectivity index (χ1) is 24.8. The van der Waals surface area contributed by atoms with Gasteiger partial charge in [0.25, 0.3) is 0 Å². The Morgan fingerprint density at radius 2 is 1.45 bits per heavy atom. The summed E-state index contributed by atoms with van der Waals surface area (Å²) in [5.41, 5.74) is 4.97. The van der Waals surface area contributed by atoms with Crippen LogP contribution in [0.5, 0.6) is 0 Å². The van der Waals surface area contributed by atoms with Gasteiger partial charge in [0.2, 0.25) is 0 Å². The van der Waals surface area contributed by atoms with Gasteiger partial charge in [0, 0.05) is 17.0 Å². The van der Waals surface area contributed by atoms with Gasteiger partial charge < -0.3 is 15.8 Å². The average molecular weight is 934 g/mol. The number of halogens is 2. The van der Waals surface area contributed by atoms with Crippen molar-refractivity contribution in [1.82, 2.24) is 20.3 Å². The van der Waals surface area contributed by atoms with E-state index in [0.717, 1.165) is 57.8 Å². The molecule has 0 bridgehead atoms. The highest BCUT2D eigenvalue weighted by molar-refractivity contribution is 9.11. The Bertz CT molecular complexity index is 1550. The van der Waals surface area contributed by atoms with Crippen LogP contribution >= 0.6 is 86.7 Å². The molecule has 0 aromatic carbocycles. The lowest BCUT2D eigenvalue weighted by Crippen LogP contribution is -2.32. The quantitative estimate of drug-likeness (QED) is 0.189. The van der Waals surface area contributed by atoms with Gasteiger partial charge in [0.1, 0.15) is 19.8 Å². The van der Waals surface area contributed by atoms with Crippen molar-refractivity contribution in [3.05, 3.63) is 37.4 Å². The number of nitrogens with two attached hydrogens (primary N) is 1. The monoisotopic (exact) mass is 931 g/mol. The van der Waals surface area contributed by atoms with E-state index < -0.39 is 21.5 Å². The summed E-state index contributed by atoms with van der Waals surface area (Å²) in [7, 11) is -3.15. The maximum absolute atomic E-state index is 12.2. The van der Waals surface area contributed by atoms with Crippen LogP contribution in [0, 0.1) is 0 Å². The Hall–Kier alpha value is -0.460. The lowest BCUT2D eigenvalue weighted by molar-refractivity contribution is 0.0523. The minimum absolute atomic E-state index is 0. The fourth-order valence-corrected chi connectivity index (χ4v) is 13.1. The van der Waals surface area contributed by atoms with Crippen molar-refractivity contribution in [2.24, 2.45) is 5.73 Å². The molecule has 0 aliphatic heterocycles. The van der Waals surface area contributed by atoms with Crippen LogP contribution in [0.4, 0.5) is 4.79 Å². The van der Waals surface area contributed by atoms with E-state index in [4.69, 9.17) is 10.5 Å². The number of rotatable bonds is 8. The van der Waals surface area contributed by atoms with Crippen LogP contribution in [0.3, 0.4) is 0 Å². The summed E-state index contributed by atoms with van der Waals surface area (Å²) in [6.07, 6.45) is 24.7. The highest BCUT2D eigenvalue weighted by Gasteiger charge is 2.30. The van der Waals surface area contributed by atoms with Crippen molar-refractivity contribution in [3.63, 3.8) is 0 Å². The molecule has 6 rings (SSSR count).